The molecule has 1 heterocycles. The van der Waals surface area contributed by atoms with Crippen LogP contribution in [-0.2, 0) is 19.6 Å². The number of sulfonamides is 1. The molecule has 1 atom stereocenters. The van der Waals surface area contributed by atoms with Crippen molar-refractivity contribution in [3.63, 3.8) is 0 Å². The van der Waals surface area contributed by atoms with E-state index in [1.165, 1.54) is 19.2 Å². The van der Waals surface area contributed by atoms with Gasteiger partial charge in [-0.1, -0.05) is 11.6 Å². The molecule has 0 spiro atoms. The standard InChI is InChI=1S/C13H15ClN2O6S/c1-15-23(20,21)8-2-3-10(14)9(6-8)12(17)16-4-5-22-7-11(16)13(18)19/h2-3,6,11,15H,4-5,7H2,1H3,(H,18,19)/t11-/m0/s1. The topological polar surface area (TPSA) is 113 Å². The number of nitrogens with one attached hydrogen (secondary N) is 1. The third-order valence-corrected chi connectivity index (χ3v) is 5.16. The summed E-state index contributed by atoms with van der Waals surface area (Å²) in [5.41, 5.74) is -0.0730. The van der Waals surface area contributed by atoms with Crippen LogP contribution >= 0.6 is 11.6 Å². The number of hydrogen-bond acceptors (Lipinski definition) is 5. The molecule has 0 bridgehead atoms. The first-order chi connectivity index (χ1) is 10.8. The van der Waals surface area contributed by atoms with Crippen molar-refractivity contribution in [2.24, 2.45) is 0 Å². The van der Waals surface area contributed by atoms with Gasteiger partial charge in [0.15, 0.2) is 6.04 Å². The van der Waals surface area contributed by atoms with Crippen LogP contribution in [0.5, 0.6) is 0 Å². The Hall–Kier alpha value is -1.68. The first-order valence-electron chi connectivity index (χ1n) is 6.62. The fraction of sp³-hybridized carbons (Fsp3) is 0.385. The highest BCUT2D eigenvalue weighted by molar-refractivity contribution is 7.89. The summed E-state index contributed by atoms with van der Waals surface area (Å²) in [5.74, 6) is -1.85. The summed E-state index contributed by atoms with van der Waals surface area (Å²) in [6.45, 7) is 0.143. The maximum atomic E-state index is 12.6. The van der Waals surface area contributed by atoms with Crippen LogP contribution in [-0.4, -0.2) is 63.1 Å². The van der Waals surface area contributed by atoms with Gasteiger partial charge in [-0.25, -0.2) is 17.9 Å². The summed E-state index contributed by atoms with van der Waals surface area (Å²) < 4.78 is 30.9. The van der Waals surface area contributed by atoms with Gasteiger partial charge in [0, 0.05) is 6.54 Å². The van der Waals surface area contributed by atoms with E-state index in [-0.39, 0.29) is 35.2 Å². The molecule has 1 aromatic rings. The van der Waals surface area contributed by atoms with Gasteiger partial charge in [0.05, 0.1) is 28.7 Å². The van der Waals surface area contributed by atoms with Crippen LogP contribution in [0.25, 0.3) is 0 Å². The van der Waals surface area contributed by atoms with Crippen LogP contribution in [0.1, 0.15) is 10.4 Å². The molecule has 0 radical (unpaired) electrons. The van der Waals surface area contributed by atoms with E-state index in [0.29, 0.717) is 0 Å². The van der Waals surface area contributed by atoms with Crippen LogP contribution in [0.2, 0.25) is 5.02 Å². The second kappa shape index (κ2) is 6.83. The lowest BCUT2D eigenvalue weighted by molar-refractivity contribution is -0.147. The molecule has 1 saturated heterocycles. The summed E-state index contributed by atoms with van der Waals surface area (Å²) in [7, 11) is -2.51. The zero-order valence-electron chi connectivity index (χ0n) is 12.2. The normalized spacial score (nSPS) is 18.7. The molecule has 1 aliphatic heterocycles. The molecule has 8 nitrogen and oxygen atoms in total. The van der Waals surface area contributed by atoms with Gasteiger partial charge in [0.2, 0.25) is 10.0 Å². The number of aliphatic carboxylic acids is 1. The number of benzene rings is 1. The van der Waals surface area contributed by atoms with Crippen LogP contribution in [0, 0.1) is 0 Å². The maximum Gasteiger partial charge on any atom is 0.328 e. The number of ether oxygens (including phenoxy) is 1. The van der Waals surface area contributed by atoms with Gasteiger partial charge >= 0.3 is 5.97 Å². The predicted octanol–water partition coefficient (Wildman–Crippen LogP) is 0.174. The van der Waals surface area contributed by atoms with Crippen LogP contribution < -0.4 is 4.72 Å². The fourth-order valence-corrected chi connectivity index (χ4v) is 3.11. The van der Waals surface area contributed by atoms with E-state index in [2.05, 4.69) is 4.72 Å². The highest BCUT2D eigenvalue weighted by Gasteiger charge is 2.34. The minimum Gasteiger partial charge on any atom is -0.480 e. The number of morpholine rings is 1. The lowest BCUT2D eigenvalue weighted by atomic mass is 10.1. The number of nitrogens with zero attached hydrogens (tertiary/aromatic N) is 1. The first-order valence-corrected chi connectivity index (χ1v) is 8.48. The molecule has 126 valence electrons. The molecule has 0 unspecified atom stereocenters. The second-order valence-corrected chi connectivity index (χ2v) is 7.07. The Morgan fingerprint density at radius 1 is 1.43 bits per heavy atom. The number of amides is 1. The zero-order valence-corrected chi connectivity index (χ0v) is 13.7. The Morgan fingerprint density at radius 3 is 2.74 bits per heavy atom. The van der Waals surface area contributed by atoms with Crippen molar-refractivity contribution < 1.29 is 27.9 Å². The summed E-state index contributed by atoms with van der Waals surface area (Å²) >= 11 is 5.99. The van der Waals surface area contributed by atoms with E-state index in [9.17, 15) is 23.1 Å². The van der Waals surface area contributed by atoms with Crippen molar-refractivity contribution in [1.82, 2.24) is 9.62 Å². The molecule has 0 aliphatic carbocycles. The number of halogens is 1. The molecule has 2 N–H and O–H groups in total. The van der Waals surface area contributed by atoms with Crippen molar-refractivity contribution in [1.29, 1.82) is 0 Å². The van der Waals surface area contributed by atoms with Gasteiger partial charge in [-0.15, -0.1) is 0 Å². The van der Waals surface area contributed by atoms with Gasteiger partial charge < -0.3 is 14.7 Å². The number of carboxylic acids is 1. The van der Waals surface area contributed by atoms with Crippen molar-refractivity contribution >= 4 is 33.5 Å². The quantitative estimate of drug-likeness (QED) is 0.789. The van der Waals surface area contributed by atoms with Crippen molar-refractivity contribution in [3.8, 4) is 0 Å². The second-order valence-electron chi connectivity index (χ2n) is 4.78. The molecule has 23 heavy (non-hydrogen) atoms. The molecule has 1 aromatic carbocycles. The molecule has 1 fully saturated rings. The summed E-state index contributed by atoms with van der Waals surface area (Å²) in [5, 5.41) is 9.23. The minimum absolute atomic E-state index is 0.0423. The largest absolute Gasteiger partial charge is 0.480 e. The van der Waals surface area contributed by atoms with Crippen LogP contribution in [0.3, 0.4) is 0 Å². The van der Waals surface area contributed by atoms with Gasteiger partial charge in [-0.05, 0) is 25.2 Å². The maximum absolute atomic E-state index is 12.6. The summed E-state index contributed by atoms with van der Waals surface area (Å²) in [6, 6.07) is 2.54. The van der Waals surface area contributed by atoms with Crippen molar-refractivity contribution in [2.75, 3.05) is 26.8 Å². The lowest BCUT2D eigenvalue weighted by Gasteiger charge is -2.33. The Labute approximate surface area is 138 Å². The Balaban J connectivity index is 2.42. The highest BCUT2D eigenvalue weighted by atomic mass is 35.5. The smallest absolute Gasteiger partial charge is 0.328 e. The van der Waals surface area contributed by atoms with Gasteiger partial charge in [0.1, 0.15) is 0 Å². The number of hydrogen-bond donors (Lipinski definition) is 2. The molecular formula is C13H15ClN2O6S. The van der Waals surface area contributed by atoms with E-state index in [4.69, 9.17) is 16.3 Å². The molecular weight excluding hydrogens is 348 g/mol. The Morgan fingerprint density at radius 2 is 2.13 bits per heavy atom. The van der Waals surface area contributed by atoms with Gasteiger partial charge in [-0.3, -0.25) is 4.79 Å². The number of rotatable bonds is 4. The van der Waals surface area contributed by atoms with Gasteiger partial charge in [0.25, 0.3) is 5.91 Å². The third-order valence-electron chi connectivity index (χ3n) is 3.42. The van der Waals surface area contributed by atoms with Crippen molar-refractivity contribution in [2.45, 2.75) is 10.9 Å². The minimum atomic E-state index is -3.75. The van der Waals surface area contributed by atoms with E-state index >= 15 is 0 Å². The molecule has 0 aromatic heterocycles. The average molecular weight is 363 g/mol. The molecule has 10 heteroatoms. The Kier molecular flexibility index (Phi) is 5.25. The van der Waals surface area contributed by atoms with Gasteiger partial charge in [-0.2, -0.15) is 0 Å². The number of carbonyl (C=O) groups is 2. The molecule has 1 aliphatic rings. The van der Waals surface area contributed by atoms with E-state index < -0.39 is 27.9 Å². The fourth-order valence-electron chi connectivity index (χ4n) is 2.16. The zero-order chi connectivity index (χ0) is 17.2. The third kappa shape index (κ3) is 3.63. The van der Waals surface area contributed by atoms with E-state index in [1.807, 2.05) is 0 Å². The number of carbonyl (C=O) groups excluding carboxylic acids is 1. The SMILES string of the molecule is CNS(=O)(=O)c1ccc(Cl)c(C(=O)N2CCOC[C@H]2C(=O)O)c1. The lowest BCUT2D eigenvalue weighted by Crippen LogP contribution is -2.52. The number of carboxylic acid groups (broad SMARTS) is 1. The molecule has 2 rings (SSSR count). The van der Waals surface area contributed by atoms with Crippen LogP contribution in [0.15, 0.2) is 23.1 Å². The summed E-state index contributed by atoms with van der Waals surface area (Å²) in [6.07, 6.45) is 0. The molecule has 1 amide bonds. The van der Waals surface area contributed by atoms with E-state index in [0.717, 1.165) is 11.0 Å². The predicted molar refractivity (Wildman–Crippen MR) is 81.0 cm³/mol. The average Bonchev–Trinajstić information content (AvgIpc) is 2.54. The Bertz CT molecular complexity index is 736. The van der Waals surface area contributed by atoms with Crippen molar-refractivity contribution in [3.05, 3.63) is 28.8 Å². The first kappa shape index (κ1) is 17.7. The van der Waals surface area contributed by atoms with E-state index in [1.54, 1.807) is 0 Å². The molecule has 0 saturated carbocycles. The summed E-state index contributed by atoms with van der Waals surface area (Å²) in [4.78, 5) is 24.8. The highest BCUT2D eigenvalue weighted by Crippen LogP contribution is 2.23. The monoisotopic (exact) mass is 362 g/mol. The van der Waals surface area contributed by atoms with Crippen LogP contribution in [0.4, 0.5) is 0 Å².